The third-order valence-electron chi connectivity index (χ3n) is 3.94. The minimum absolute atomic E-state index is 0.127. The first-order valence-electron chi connectivity index (χ1n) is 7.51. The highest BCUT2D eigenvalue weighted by atomic mass is 15.3. The molecular weight excluding hydrogens is 248 g/mol. The van der Waals surface area contributed by atoms with Gasteiger partial charge < -0.3 is 15.1 Å². The Kier molecular flexibility index (Phi) is 4.66. The molecule has 0 aromatic carbocycles. The summed E-state index contributed by atoms with van der Waals surface area (Å²) in [5, 5.41) is 3.56. The van der Waals surface area contributed by atoms with Gasteiger partial charge in [-0.05, 0) is 40.8 Å². The van der Waals surface area contributed by atoms with Crippen molar-refractivity contribution >= 4 is 5.82 Å². The van der Waals surface area contributed by atoms with Gasteiger partial charge >= 0.3 is 0 Å². The topological polar surface area (TPSA) is 31.4 Å². The average molecular weight is 276 g/mol. The van der Waals surface area contributed by atoms with Crippen molar-refractivity contribution in [1.29, 1.82) is 0 Å². The maximum absolute atomic E-state index is 4.63. The Bertz CT molecular complexity index is 438. The molecule has 112 valence electrons. The molecule has 0 saturated carbocycles. The normalized spacial score (nSPS) is 21.2. The lowest BCUT2D eigenvalue weighted by atomic mass is 10.1. The second kappa shape index (κ2) is 6.10. The molecule has 2 rings (SSSR count). The van der Waals surface area contributed by atoms with Gasteiger partial charge in [0.1, 0.15) is 5.82 Å². The van der Waals surface area contributed by atoms with E-state index in [9.17, 15) is 0 Å². The van der Waals surface area contributed by atoms with Crippen molar-refractivity contribution in [3.05, 3.63) is 23.9 Å². The van der Waals surface area contributed by atoms with Gasteiger partial charge in [-0.1, -0.05) is 6.07 Å². The number of likely N-dealkylation sites (N-methyl/N-ethyl adjacent to an activating group) is 1. The summed E-state index contributed by atoms with van der Waals surface area (Å²) in [5.41, 5.74) is 1.42. The standard InChI is InChI=1S/C16H28N4/c1-13-12-20(10-9-19(13)5)15-14(7-6-8-17-15)11-18-16(2,3)4/h6-8,13,18H,9-12H2,1-5H3. The summed E-state index contributed by atoms with van der Waals surface area (Å²) < 4.78 is 0. The smallest absolute Gasteiger partial charge is 0.133 e. The molecule has 1 aromatic heterocycles. The molecule has 1 aliphatic heterocycles. The molecule has 1 N–H and O–H groups in total. The van der Waals surface area contributed by atoms with Gasteiger partial charge in [0.05, 0.1) is 0 Å². The number of rotatable bonds is 3. The van der Waals surface area contributed by atoms with Crippen LogP contribution >= 0.6 is 0 Å². The van der Waals surface area contributed by atoms with Crippen molar-refractivity contribution in [1.82, 2.24) is 15.2 Å². The summed E-state index contributed by atoms with van der Waals surface area (Å²) >= 11 is 0. The summed E-state index contributed by atoms with van der Waals surface area (Å²) in [6.45, 7) is 12.9. The van der Waals surface area contributed by atoms with Gasteiger partial charge in [0.15, 0.2) is 0 Å². The highest BCUT2D eigenvalue weighted by molar-refractivity contribution is 5.47. The summed E-state index contributed by atoms with van der Waals surface area (Å²) in [6, 6.07) is 4.79. The van der Waals surface area contributed by atoms with Gasteiger partial charge in [-0.15, -0.1) is 0 Å². The van der Waals surface area contributed by atoms with Crippen LogP contribution in [-0.2, 0) is 6.54 Å². The number of pyridine rings is 1. The van der Waals surface area contributed by atoms with E-state index in [1.54, 1.807) is 0 Å². The number of hydrogen-bond acceptors (Lipinski definition) is 4. The Hall–Kier alpha value is -1.13. The first-order valence-corrected chi connectivity index (χ1v) is 7.51. The molecule has 20 heavy (non-hydrogen) atoms. The van der Waals surface area contributed by atoms with Gasteiger partial charge in [0, 0.05) is 49.5 Å². The molecule has 4 heteroatoms. The van der Waals surface area contributed by atoms with Gasteiger partial charge in [-0.3, -0.25) is 0 Å². The van der Waals surface area contributed by atoms with Crippen LogP contribution in [0, 0.1) is 0 Å². The second-order valence-electron chi connectivity index (χ2n) is 6.87. The number of nitrogens with one attached hydrogen (secondary N) is 1. The molecule has 1 aromatic rings. The number of nitrogens with zero attached hydrogens (tertiary/aromatic N) is 3. The van der Waals surface area contributed by atoms with Gasteiger partial charge in [0.25, 0.3) is 0 Å². The summed E-state index contributed by atoms with van der Waals surface area (Å²) in [6.07, 6.45) is 1.90. The van der Waals surface area contributed by atoms with E-state index in [1.807, 2.05) is 12.3 Å². The predicted molar refractivity (Wildman–Crippen MR) is 85.1 cm³/mol. The fraction of sp³-hybridized carbons (Fsp3) is 0.688. The van der Waals surface area contributed by atoms with Crippen LogP contribution in [0.4, 0.5) is 5.82 Å². The Labute approximate surface area is 123 Å². The SMILES string of the molecule is CC1CN(c2ncccc2CNC(C)(C)C)CCN1C. The average Bonchev–Trinajstić information content (AvgIpc) is 2.39. The van der Waals surface area contributed by atoms with E-state index in [2.05, 4.69) is 60.9 Å². The van der Waals surface area contributed by atoms with E-state index in [-0.39, 0.29) is 5.54 Å². The van der Waals surface area contributed by atoms with Crippen LogP contribution in [0.3, 0.4) is 0 Å². The Morgan fingerprint density at radius 2 is 2.10 bits per heavy atom. The third kappa shape index (κ3) is 3.93. The number of anilines is 1. The number of aromatic nitrogens is 1. The van der Waals surface area contributed by atoms with Gasteiger partial charge in [0.2, 0.25) is 0 Å². The van der Waals surface area contributed by atoms with E-state index in [1.165, 1.54) is 5.56 Å². The molecule has 0 bridgehead atoms. The van der Waals surface area contributed by atoms with Crippen molar-refractivity contribution < 1.29 is 0 Å². The third-order valence-corrected chi connectivity index (χ3v) is 3.94. The van der Waals surface area contributed by atoms with Crippen molar-refractivity contribution in [2.24, 2.45) is 0 Å². The molecule has 1 fully saturated rings. The van der Waals surface area contributed by atoms with E-state index < -0.39 is 0 Å². The molecule has 1 saturated heterocycles. The van der Waals surface area contributed by atoms with Gasteiger partial charge in [-0.25, -0.2) is 4.98 Å². The van der Waals surface area contributed by atoms with E-state index in [4.69, 9.17) is 0 Å². The van der Waals surface area contributed by atoms with Crippen molar-refractivity contribution in [2.45, 2.75) is 45.8 Å². The highest BCUT2D eigenvalue weighted by Crippen LogP contribution is 2.21. The van der Waals surface area contributed by atoms with Crippen molar-refractivity contribution in [3.8, 4) is 0 Å². The molecular formula is C16H28N4. The predicted octanol–water partition coefficient (Wildman–Crippen LogP) is 2.11. The Balaban J connectivity index is 2.11. The Morgan fingerprint density at radius 3 is 2.75 bits per heavy atom. The first kappa shape index (κ1) is 15.3. The molecule has 2 heterocycles. The molecule has 0 spiro atoms. The maximum atomic E-state index is 4.63. The fourth-order valence-electron chi connectivity index (χ4n) is 2.45. The van der Waals surface area contributed by atoms with Crippen LogP contribution < -0.4 is 10.2 Å². The van der Waals surface area contributed by atoms with E-state index in [0.717, 1.165) is 32.0 Å². The van der Waals surface area contributed by atoms with Crippen LogP contribution in [0.5, 0.6) is 0 Å². The van der Waals surface area contributed by atoms with Crippen molar-refractivity contribution in [2.75, 3.05) is 31.6 Å². The summed E-state index contributed by atoms with van der Waals surface area (Å²) in [5.74, 6) is 1.14. The molecule has 0 amide bonds. The first-order chi connectivity index (χ1) is 9.37. The zero-order valence-corrected chi connectivity index (χ0v) is 13.5. The van der Waals surface area contributed by atoms with Gasteiger partial charge in [-0.2, -0.15) is 0 Å². The van der Waals surface area contributed by atoms with E-state index >= 15 is 0 Å². The fourth-order valence-corrected chi connectivity index (χ4v) is 2.45. The lowest BCUT2D eigenvalue weighted by molar-refractivity contribution is 0.233. The van der Waals surface area contributed by atoms with Crippen LogP contribution in [0.15, 0.2) is 18.3 Å². The quantitative estimate of drug-likeness (QED) is 0.916. The largest absolute Gasteiger partial charge is 0.354 e. The number of hydrogen-bond donors (Lipinski definition) is 1. The zero-order valence-electron chi connectivity index (χ0n) is 13.5. The zero-order chi connectivity index (χ0) is 14.8. The minimum Gasteiger partial charge on any atom is -0.354 e. The lowest BCUT2D eigenvalue weighted by Crippen LogP contribution is -2.50. The van der Waals surface area contributed by atoms with Crippen LogP contribution in [0.25, 0.3) is 0 Å². The summed E-state index contributed by atoms with van der Waals surface area (Å²) in [7, 11) is 2.20. The number of piperazine rings is 1. The molecule has 0 radical (unpaired) electrons. The lowest BCUT2D eigenvalue weighted by Gasteiger charge is -2.39. The maximum Gasteiger partial charge on any atom is 0.133 e. The van der Waals surface area contributed by atoms with Crippen LogP contribution in [0.2, 0.25) is 0 Å². The molecule has 4 nitrogen and oxygen atoms in total. The highest BCUT2D eigenvalue weighted by Gasteiger charge is 2.23. The molecule has 1 atom stereocenters. The van der Waals surface area contributed by atoms with E-state index in [0.29, 0.717) is 6.04 Å². The molecule has 1 aliphatic rings. The second-order valence-corrected chi connectivity index (χ2v) is 6.87. The van der Waals surface area contributed by atoms with Crippen molar-refractivity contribution in [3.63, 3.8) is 0 Å². The monoisotopic (exact) mass is 276 g/mol. The Morgan fingerprint density at radius 1 is 1.35 bits per heavy atom. The van der Waals surface area contributed by atoms with Crippen LogP contribution in [-0.4, -0.2) is 48.1 Å². The molecule has 0 aliphatic carbocycles. The van der Waals surface area contributed by atoms with Crippen LogP contribution in [0.1, 0.15) is 33.3 Å². The molecule has 1 unspecified atom stereocenters. The minimum atomic E-state index is 0.127. The summed E-state index contributed by atoms with van der Waals surface area (Å²) in [4.78, 5) is 9.46.